The standard InChI is InChI=1S/C6H3N3O2S/c7-2-4-1-5(12)3-8-6(4)9(10)11/h1,3,12H. The van der Waals surface area contributed by atoms with Gasteiger partial charge in [-0.1, -0.05) is 0 Å². The summed E-state index contributed by atoms with van der Waals surface area (Å²) in [5.41, 5.74) is -0.0764. The van der Waals surface area contributed by atoms with Crippen LogP contribution in [0.3, 0.4) is 0 Å². The molecule has 1 rings (SSSR count). The molecule has 1 heterocycles. The summed E-state index contributed by atoms with van der Waals surface area (Å²) in [6.45, 7) is 0. The van der Waals surface area contributed by atoms with Crippen LogP contribution < -0.4 is 0 Å². The number of nitro groups is 1. The summed E-state index contributed by atoms with van der Waals surface area (Å²) in [4.78, 5) is 13.4. The molecule has 0 amide bonds. The number of nitriles is 1. The van der Waals surface area contributed by atoms with Gasteiger partial charge in [0.2, 0.25) is 0 Å². The number of thiol groups is 1. The van der Waals surface area contributed by atoms with Crippen LogP contribution in [-0.4, -0.2) is 9.91 Å². The van der Waals surface area contributed by atoms with Crippen molar-refractivity contribution in [2.75, 3.05) is 0 Å². The molecule has 0 aliphatic carbocycles. The third-order valence-electron chi connectivity index (χ3n) is 1.15. The van der Waals surface area contributed by atoms with Crippen molar-refractivity contribution >= 4 is 18.4 Å². The van der Waals surface area contributed by atoms with E-state index in [0.29, 0.717) is 4.90 Å². The van der Waals surface area contributed by atoms with Crippen LogP contribution in [-0.2, 0) is 0 Å². The highest BCUT2D eigenvalue weighted by atomic mass is 32.1. The van der Waals surface area contributed by atoms with Crippen molar-refractivity contribution < 1.29 is 4.92 Å². The molecule has 0 atom stereocenters. The lowest BCUT2D eigenvalue weighted by atomic mass is 10.3. The van der Waals surface area contributed by atoms with Crippen molar-refractivity contribution in [2.24, 2.45) is 0 Å². The molecule has 1 aromatic rings. The quantitative estimate of drug-likeness (QED) is 0.400. The van der Waals surface area contributed by atoms with E-state index in [9.17, 15) is 10.1 Å². The summed E-state index contributed by atoms with van der Waals surface area (Å²) in [7, 11) is 0. The fourth-order valence-electron chi connectivity index (χ4n) is 0.674. The lowest BCUT2D eigenvalue weighted by molar-refractivity contribution is -0.389. The smallest absolute Gasteiger partial charge is 0.358 e. The van der Waals surface area contributed by atoms with Gasteiger partial charge in [0.15, 0.2) is 11.8 Å². The SMILES string of the molecule is N#Cc1cc(S)cnc1[N+](=O)[O-]. The van der Waals surface area contributed by atoms with E-state index >= 15 is 0 Å². The van der Waals surface area contributed by atoms with Crippen LogP contribution in [0.1, 0.15) is 5.56 Å². The number of hydrogen-bond donors (Lipinski definition) is 1. The second-order valence-electron chi connectivity index (χ2n) is 1.93. The molecule has 6 heteroatoms. The Bertz CT molecular complexity index is 372. The summed E-state index contributed by atoms with van der Waals surface area (Å²) < 4.78 is 0. The van der Waals surface area contributed by atoms with Crippen LogP contribution in [0.15, 0.2) is 17.2 Å². The molecule has 1 aromatic heterocycles. The Kier molecular flexibility index (Phi) is 2.26. The van der Waals surface area contributed by atoms with Crippen LogP contribution in [0, 0.1) is 21.4 Å². The predicted molar refractivity (Wildman–Crippen MR) is 42.9 cm³/mol. The van der Waals surface area contributed by atoms with Crippen LogP contribution in [0.2, 0.25) is 0 Å². The maximum atomic E-state index is 10.3. The van der Waals surface area contributed by atoms with Crippen LogP contribution in [0.25, 0.3) is 0 Å². The van der Waals surface area contributed by atoms with E-state index in [4.69, 9.17) is 5.26 Å². The number of nitrogens with zero attached hydrogens (tertiary/aromatic N) is 3. The zero-order chi connectivity index (χ0) is 9.14. The van der Waals surface area contributed by atoms with Crippen LogP contribution in [0.4, 0.5) is 5.82 Å². The third-order valence-corrected chi connectivity index (χ3v) is 1.39. The number of aromatic nitrogens is 1. The van der Waals surface area contributed by atoms with Crippen molar-refractivity contribution in [1.29, 1.82) is 5.26 Å². The van der Waals surface area contributed by atoms with Crippen molar-refractivity contribution in [3.63, 3.8) is 0 Å². The lowest BCUT2D eigenvalue weighted by Gasteiger charge is -1.93. The first kappa shape index (κ1) is 8.49. The molecule has 0 bridgehead atoms. The molecule has 0 aliphatic rings. The van der Waals surface area contributed by atoms with Gasteiger partial charge in [-0.05, 0) is 16.0 Å². The average molecular weight is 181 g/mol. The molecule has 0 spiro atoms. The van der Waals surface area contributed by atoms with Gasteiger partial charge in [-0.3, -0.25) is 0 Å². The zero-order valence-corrected chi connectivity index (χ0v) is 6.65. The van der Waals surface area contributed by atoms with Gasteiger partial charge < -0.3 is 10.1 Å². The van der Waals surface area contributed by atoms with Crippen LogP contribution >= 0.6 is 12.6 Å². The molecule has 60 valence electrons. The van der Waals surface area contributed by atoms with Gasteiger partial charge in [0.05, 0.1) is 0 Å². The first-order valence-electron chi connectivity index (χ1n) is 2.88. The molecule has 12 heavy (non-hydrogen) atoms. The van der Waals surface area contributed by atoms with E-state index in [1.807, 2.05) is 0 Å². The van der Waals surface area contributed by atoms with Gasteiger partial charge >= 0.3 is 5.82 Å². The maximum absolute atomic E-state index is 10.3. The molecular weight excluding hydrogens is 178 g/mol. The molecule has 0 saturated carbocycles. The molecule has 0 unspecified atom stereocenters. The predicted octanol–water partition coefficient (Wildman–Crippen LogP) is 1.15. The first-order valence-corrected chi connectivity index (χ1v) is 3.33. The molecule has 0 fully saturated rings. The Labute approximate surface area is 73.2 Å². The highest BCUT2D eigenvalue weighted by Crippen LogP contribution is 2.16. The fraction of sp³-hybridized carbons (Fsp3) is 0. The minimum atomic E-state index is -0.703. The molecule has 0 radical (unpaired) electrons. The highest BCUT2D eigenvalue weighted by Gasteiger charge is 2.14. The van der Waals surface area contributed by atoms with Crippen molar-refractivity contribution in [1.82, 2.24) is 4.98 Å². The average Bonchev–Trinajstić information content (AvgIpc) is 2.03. The van der Waals surface area contributed by atoms with Gasteiger partial charge in [-0.2, -0.15) is 5.26 Å². The van der Waals surface area contributed by atoms with E-state index in [2.05, 4.69) is 17.6 Å². The monoisotopic (exact) mass is 181 g/mol. The molecule has 0 N–H and O–H groups in total. The summed E-state index contributed by atoms with van der Waals surface area (Å²) in [6.07, 6.45) is 1.22. The molecule has 0 aromatic carbocycles. The molecule has 0 aliphatic heterocycles. The third kappa shape index (κ3) is 1.52. The Hall–Kier alpha value is -1.61. The second-order valence-corrected chi connectivity index (χ2v) is 2.45. The fourth-order valence-corrected chi connectivity index (χ4v) is 0.861. The number of rotatable bonds is 1. The normalized spacial score (nSPS) is 9.00. The van der Waals surface area contributed by atoms with Gasteiger partial charge in [0.1, 0.15) is 6.07 Å². The van der Waals surface area contributed by atoms with Crippen LogP contribution in [0.5, 0.6) is 0 Å². The Morgan fingerprint density at radius 2 is 2.42 bits per heavy atom. The van der Waals surface area contributed by atoms with Gasteiger partial charge in [-0.25, -0.2) is 0 Å². The summed E-state index contributed by atoms with van der Waals surface area (Å²) in [6, 6.07) is 2.96. The Morgan fingerprint density at radius 3 is 2.92 bits per heavy atom. The maximum Gasteiger partial charge on any atom is 0.381 e. The van der Waals surface area contributed by atoms with Crippen molar-refractivity contribution in [2.45, 2.75) is 4.90 Å². The number of pyridine rings is 1. The van der Waals surface area contributed by atoms with E-state index in [1.54, 1.807) is 6.07 Å². The minimum absolute atomic E-state index is 0.0764. The highest BCUT2D eigenvalue weighted by molar-refractivity contribution is 7.80. The van der Waals surface area contributed by atoms with Gasteiger partial charge in [0.25, 0.3) is 0 Å². The lowest BCUT2D eigenvalue weighted by Crippen LogP contribution is -1.95. The first-order chi connectivity index (χ1) is 5.65. The topological polar surface area (TPSA) is 79.8 Å². The van der Waals surface area contributed by atoms with Gasteiger partial charge in [0, 0.05) is 4.90 Å². The summed E-state index contributed by atoms with van der Waals surface area (Å²) in [5.74, 6) is -0.435. The summed E-state index contributed by atoms with van der Waals surface area (Å²) >= 11 is 3.89. The van der Waals surface area contributed by atoms with E-state index in [1.165, 1.54) is 12.3 Å². The van der Waals surface area contributed by atoms with E-state index in [0.717, 1.165) is 0 Å². The molecular formula is C6H3N3O2S. The Balaban J connectivity index is 3.32. The second kappa shape index (κ2) is 3.19. The van der Waals surface area contributed by atoms with Crippen molar-refractivity contribution in [3.8, 4) is 6.07 Å². The minimum Gasteiger partial charge on any atom is -0.358 e. The van der Waals surface area contributed by atoms with E-state index in [-0.39, 0.29) is 5.56 Å². The molecule has 0 saturated heterocycles. The van der Waals surface area contributed by atoms with E-state index < -0.39 is 10.7 Å². The Morgan fingerprint density at radius 1 is 1.75 bits per heavy atom. The largest absolute Gasteiger partial charge is 0.381 e. The molecule has 5 nitrogen and oxygen atoms in total. The zero-order valence-electron chi connectivity index (χ0n) is 5.76. The number of hydrogen-bond acceptors (Lipinski definition) is 5. The summed E-state index contributed by atoms with van der Waals surface area (Å²) in [5, 5.41) is 18.7. The van der Waals surface area contributed by atoms with Crippen molar-refractivity contribution in [3.05, 3.63) is 27.9 Å². The van der Waals surface area contributed by atoms with Gasteiger partial charge in [-0.15, -0.1) is 12.6 Å².